The Morgan fingerprint density at radius 2 is 2.25 bits per heavy atom. The molecule has 1 saturated carbocycles. The van der Waals surface area contributed by atoms with Gasteiger partial charge in [-0.2, -0.15) is 0 Å². The van der Waals surface area contributed by atoms with Gasteiger partial charge in [-0.1, -0.05) is 12.1 Å². The van der Waals surface area contributed by atoms with E-state index in [1.54, 1.807) is 6.07 Å². The normalized spacial score (nSPS) is 14.8. The minimum absolute atomic E-state index is 0.00989. The molecule has 0 radical (unpaired) electrons. The second-order valence-corrected chi connectivity index (χ2v) is 4.06. The molecule has 1 aromatic carbocycles. The van der Waals surface area contributed by atoms with Gasteiger partial charge in [-0.05, 0) is 30.5 Å². The molecule has 0 bridgehead atoms. The zero-order valence-corrected chi connectivity index (χ0v) is 9.07. The molecule has 1 aromatic rings. The van der Waals surface area contributed by atoms with Crippen molar-refractivity contribution in [3.05, 3.63) is 29.8 Å². The van der Waals surface area contributed by atoms with Gasteiger partial charge in [0.05, 0.1) is 13.2 Å². The number of hydrogen-bond donors (Lipinski definition) is 3. The van der Waals surface area contributed by atoms with Crippen molar-refractivity contribution in [3.8, 4) is 0 Å². The Labute approximate surface area is 94.7 Å². The summed E-state index contributed by atoms with van der Waals surface area (Å²) in [6.07, 6.45) is 2.35. The van der Waals surface area contributed by atoms with Crippen molar-refractivity contribution in [1.29, 1.82) is 0 Å². The summed E-state index contributed by atoms with van der Waals surface area (Å²) >= 11 is 0. The highest BCUT2D eigenvalue weighted by atomic mass is 16.3. The molecule has 0 heterocycles. The number of nitrogens with one attached hydrogen (secondary N) is 2. The molecule has 0 unspecified atom stereocenters. The molecule has 0 aliphatic heterocycles. The van der Waals surface area contributed by atoms with E-state index >= 15 is 0 Å². The molecule has 1 aliphatic carbocycles. The molecular weight excluding hydrogens is 204 g/mol. The summed E-state index contributed by atoms with van der Waals surface area (Å²) in [6.45, 7) is 0.345. The molecule has 1 aliphatic rings. The van der Waals surface area contributed by atoms with Crippen LogP contribution in [0.25, 0.3) is 0 Å². The van der Waals surface area contributed by atoms with E-state index in [1.807, 2.05) is 18.2 Å². The van der Waals surface area contributed by atoms with Crippen molar-refractivity contribution in [2.45, 2.75) is 25.5 Å². The molecule has 2 rings (SSSR count). The second-order valence-electron chi connectivity index (χ2n) is 4.06. The topological polar surface area (TPSA) is 61.4 Å². The van der Waals surface area contributed by atoms with Crippen LogP contribution in [0, 0.1) is 0 Å². The standard InChI is InChI=1S/C12H16N2O2/c15-8-9-2-1-3-11(6-9)14-12(16)7-13-10-4-5-10/h1-3,6,10,13,15H,4-5,7-8H2,(H,14,16). The van der Waals surface area contributed by atoms with Crippen LogP contribution in [0.3, 0.4) is 0 Å². The van der Waals surface area contributed by atoms with Crippen molar-refractivity contribution >= 4 is 11.6 Å². The molecule has 0 spiro atoms. The molecule has 4 heteroatoms. The van der Waals surface area contributed by atoms with E-state index in [4.69, 9.17) is 5.11 Å². The van der Waals surface area contributed by atoms with Crippen LogP contribution in [0.1, 0.15) is 18.4 Å². The number of amides is 1. The monoisotopic (exact) mass is 220 g/mol. The van der Waals surface area contributed by atoms with Crippen molar-refractivity contribution < 1.29 is 9.90 Å². The maximum atomic E-state index is 11.5. The average molecular weight is 220 g/mol. The van der Waals surface area contributed by atoms with Crippen molar-refractivity contribution in [2.75, 3.05) is 11.9 Å². The summed E-state index contributed by atoms with van der Waals surface area (Å²) in [5.74, 6) is -0.0398. The molecule has 86 valence electrons. The highest BCUT2D eigenvalue weighted by Gasteiger charge is 2.21. The fourth-order valence-electron chi connectivity index (χ4n) is 1.48. The Kier molecular flexibility index (Phi) is 3.54. The average Bonchev–Trinajstić information content (AvgIpc) is 3.10. The third-order valence-corrected chi connectivity index (χ3v) is 2.52. The summed E-state index contributed by atoms with van der Waals surface area (Å²) < 4.78 is 0. The third kappa shape index (κ3) is 3.32. The van der Waals surface area contributed by atoms with E-state index in [1.165, 1.54) is 12.8 Å². The number of rotatable bonds is 5. The molecule has 0 saturated heterocycles. The maximum absolute atomic E-state index is 11.5. The minimum Gasteiger partial charge on any atom is -0.392 e. The minimum atomic E-state index is -0.0398. The van der Waals surface area contributed by atoms with Crippen LogP contribution in [0.5, 0.6) is 0 Å². The largest absolute Gasteiger partial charge is 0.392 e. The Balaban J connectivity index is 1.83. The molecular formula is C12H16N2O2. The number of hydrogen-bond acceptors (Lipinski definition) is 3. The van der Waals surface area contributed by atoms with Gasteiger partial charge in [-0.25, -0.2) is 0 Å². The first-order chi connectivity index (χ1) is 7.78. The number of carbonyl (C=O) groups is 1. The number of carbonyl (C=O) groups excluding carboxylic acids is 1. The van der Waals surface area contributed by atoms with Crippen LogP contribution in [-0.4, -0.2) is 23.6 Å². The molecule has 0 atom stereocenters. The lowest BCUT2D eigenvalue weighted by molar-refractivity contribution is -0.115. The zero-order chi connectivity index (χ0) is 11.4. The smallest absolute Gasteiger partial charge is 0.238 e. The Hall–Kier alpha value is -1.39. The second kappa shape index (κ2) is 5.09. The Bertz CT molecular complexity index is 375. The van der Waals surface area contributed by atoms with E-state index in [0.717, 1.165) is 11.3 Å². The van der Waals surface area contributed by atoms with Gasteiger partial charge in [0, 0.05) is 11.7 Å². The van der Waals surface area contributed by atoms with Crippen molar-refractivity contribution in [2.24, 2.45) is 0 Å². The van der Waals surface area contributed by atoms with E-state index in [0.29, 0.717) is 12.6 Å². The van der Waals surface area contributed by atoms with Gasteiger partial charge in [-0.3, -0.25) is 4.79 Å². The Morgan fingerprint density at radius 3 is 2.94 bits per heavy atom. The lowest BCUT2D eigenvalue weighted by Gasteiger charge is -2.06. The predicted molar refractivity (Wildman–Crippen MR) is 62.0 cm³/mol. The van der Waals surface area contributed by atoms with E-state index in [-0.39, 0.29) is 12.5 Å². The van der Waals surface area contributed by atoms with Gasteiger partial charge in [0.1, 0.15) is 0 Å². The van der Waals surface area contributed by atoms with Gasteiger partial charge >= 0.3 is 0 Å². The van der Waals surface area contributed by atoms with Crippen LogP contribution in [0.4, 0.5) is 5.69 Å². The summed E-state index contributed by atoms with van der Waals surface area (Å²) in [7, 11) is 0. The molecule has 4 nitrogen and oxygen atoms in total. The maximum Gasteiger partial charge on any atom is 0.238 e. The van der Waals surface area contributed by atoms with Crippen LogP contribution in [0.15, 0.2) is 24.3 Å². The van der Waals surface area contributed by atoms with Gasteiger partial charge < -0.3 is 15.7 Å². The highest BCUT2D eigenvalue weighted by Crippen LogP contribution is 2.18. The SMILES string of the molecule is O=C(CNC1CC1)Nc1cccc(CO)c1. The lowest BCUT2D eigenvalue weighted by atomic mass is 10.2. The molecule has 0 aromatic heterocycles. The molecule has 3 N–H and O–H groups in total. The highest BCUT2D eigenvalue weighted by molar-refractivity contribution is 5.92. The number of aliphatic hydroxyl groups excluding tert-OH is 1. The molecule has 1 fully saturated rings. The van der Waals surface area contributed by atoms with Crippen molar-refractivity contribution in [1.82, 2.24) is 5.32 Å². The Morgan fingerprint density at radius 1 is 1.44 bits per heavy atom. The number of anilines is 1. The van der Waals surface area contributed by atoms with Gasteiger partial charge in [-0.15, -0.1) is 0 Å². The van der Waals surface area contributed by atoms with Gasteiger partial charge in [0.25, 0.3) is 0 Å². The third-order valence-electron chi connectivity index (χ3n) is 2.52. The first kappa shape index (κ1) is 11.1. The molecule has 1 amide bonds. The summed E-state index contributed by atoms with van der Waals surface area (Å²) in [5.41, 5.74) is 1.53. The fraction of sp³-hybridized carbons (Fsp3) is 0.417. The summed E-state index contributed by atoms with van der Waals surface area (Å²) in [4.78, 5) is 11.5. The number of benzene rings is 1. The van der Waals surface area contributed by atoms with Crippen LogP contribution in [-0.2, 0) is 11.4 Å². The van der Waals surface area contributed by atoms with E-state index < -0.39 is 0 Å². The quantitative estimate of drug-likeness (QED) is 0.690. The fourth-order valence-corrected chi connectivity index (χ4v) is 1.48. The van der Waals surface area contributed by atoms with Crippen LogP contribution < -0.4 is 10.6 Å². The summed E-state index contributed by atoms with van der Waals surface area (Å²) in [6, 6.07) is 7.76. The van der Waals surface area contributed by atoms with E-state index in [9.17, 15) is 4.79 Å². The van der Waals surface area contributed by atoms with Gasteiger partial charge in [0.2, 0.25) is 5.91 Å². The van der Waals surface area contributed by atoms with Crippen LogP contribution in [0.2, 0.25) is 0 Å². The zero-order valence-electron chi connectivity index (χ0n) is 9.07. The first-order valence-electron chi connectivity index (χ1n) is 5.51. The van der Waals surface area contributed by atoms with Gasteiger partial charge in [0.15, 0.2) is 0 Å². The number of aliphatic hydroxyl groups is 1. The summed E-state index contributed by atoms with van der Waals surface area (Å²) in [5, 5.41) is 14.9. The predicted octanol–water partition coefficient (Wildman–Crippen LogP) is 0.869. The lowest BCUT2D eigenvalue weighted by Crippen LogP contribution is -2.29. The first-order valence-corrected chi connectivity index (χ1v) is 5.51. The van der Waals surface area contributed by atoms with Crippen molar-refractivity contribution in [3.63, 3.8) is 0 Å². The van der Waals surface area contributed by atoms with E-state index in [2.05, 4.69) is 10.6 Å². The molecule has 16 heavy (non-hydrogen) atoms. The van der Waals surface area contributed by atoms with Crippen LogP contribution >= 0.6 is 0 Å².